The first-order valence-corrected chi connectivity index (χ1v) is 10.5. The lowest BCUT2D eigenvalue weighted by atomic mass is 9.98. The van der Waals surface area contributed by atoms with E-state index in [4.69, 9.17) is 4.74 Å². The summed E-state index contributed by atoms with van der Waals surface area (Å²) in [7, 11) is 0. The average molecular weight is 484 g/mol. The highest BCUT2D eigenvalue weighted by atomic mass is 79.9. The third-order valence-corrected chi connectivity index (χ3v) is 6.00. The van der Waals surface area contributed by atoms with Crippen molar-refractivity contribution in [1.82, 2.24) is 5.32 Å². The molecule has 3 aromatic rings. The zero-order valence-corrected chi connectivity index (χ0v) is 17.9. The molecule has 1 aliphatic carbocycles. The molecule has 4 rings (SSSR count). The first-order valence-electron chi connectivity index (χ1n) is 9.72. The molecule has 0 bridgehead atoms. The van der Waals surface area contributed by atoms with Crippen molar-refractivity contribution in [2.45, 2.75) is 18.4 Å². The highest BCUT2D eigenvalue weighted by Crippen LogP contribution is 2.44. The van der Waals surface area contributed by atoms with E-state index >= 15 is 0 Å². The largest absolute Gasteiger partial charge is 0.481 e. The van der Waals surface area contributed by atoms with Crippen molar-refractivity contribution in [1.29, 1.82) is 0 Å². The van der Waals surface area contributed by atoms with Crippen molar-refractivity contribution in [3.05, 3.63) is 93.7 Å². The molecule has 3 aromatic carbocycles. The number of halogens is 2. The topological polar surface area (TPSA) is 75.6 Å². The maximum Gasteiger partial charge on any atom is 0.407 e. The zero-order valence-electron chi connectivity index (χ0n) is 16.3. The Bertz CT molecular complexity index is 1100. The molecule has 0 heterocycles. The van der Waals surface area contributed by atoms with Crippen molar-refractivity contribution in [2.24, 2.45) is 0 Å². The minimum Gasteiger partial charge on any atom is -0.481 e. The Morgan fingerprint density at radius 3 is 2.23 bits per heavy atom. The second kappa shape index (κ2) is 8.89. The van der Waals surface area contributed by atoms with Gasteiger partial charge < -0.3 is 15.2 Å². The minimum absolute atomic E-state index is 0.106. The van der Waals surface area contributed by atoms with Crippen LogP contribution < -0.4 is 5.32 Å². The number of aliphatic carboxylic acids is 1. The molecule has 0 saturated heterocycles. The second-order valence-corrected chi connectivity index (χ2v) is 8.15. The molecule has 0 aromatic heterocycles. The molecule has 0 spiro atoms. The first kappa shape index (κ1) is 21.1. The highest BCUT2D eigenvalue weighted by Gasteiger charge is 2.29. The number of fused-ring (bicyclic) bond motifs is 3. The van der Waals surface area contributed by atoms with Crippen molar-refractivity contribution < 1.29 is 23.8 Å². The summed E-state index contributed by atoms with van der Waals surface area (Å²) in [5.74, 6) is -1.77. The van der Waals surface area contributed by atoms with Gasteiger partial charge in [0.25, 0.3) is 0 Å². The Morgan fingerprint density at radius 2 is 1.65 bits per heavy atom. The van der Waals surface area contributed by atoms with Gasteiger partial charge >= 0.3 is 12.1 Å². The third-order valence-electron chi connectivity index (χ3n) is 5.36. The van der Waals surface area contributed by atoms with Crippen LogP contribution in [-0.2, 0) is 9.53 Å². The number of carbonyl (C=O) groups excluding carboxylic acids is 1. The van der Waals surface area contributed by atoms with Crippen LogP contribution in [0.5, 0.6) is 0 Å². The van der Waals surface area contributed by atoms with Gasteiger partial charge in [-0.2, -0.15) is 0 Å². The van der Waals surface area contributed by atoms with Gasteiger partial charge in [0.05, 0.1) is 16.9 Å². The number of hydrogen-bond acceptors (Lipinski definition) is 3. The molecule has 2 N–H and O–H groups in total. The van der Waals surface area contributed by atoms with E-state index in [-0.39, 0.29) is 17.0 Å². The molecular weight excluding hydrogens is 465 g/mol. The van der Waals surface area contributed by atoms with E-state index in [1.807, 2.05) is 48.5 Å². The molecular formula is C24H19BrFNO4. The molecule has 0 aliphatic heterocycles. The van der Waals surface area contributed by atoms with E-state index in [9.17, 15) is 19.1 Å². The van der Waals surface area contributed by atoms with Gasteiger partial charge in [0.2, 0.25) is 0 Å². The SMILES string of the molecule is O=C(O)C[C@@H](NC(=O)OCC1c2ccccc2-c2ccccc21)c1ccc(Br)c(F)c1. The fourth-order valence-electron chi connectivity index (χ4n) is 3.94. The Balaban J connectivity index is 1.49. The summed E-state index contributed by atoms with van der Waals surface area (Å²) in [6, 6.07) is 19.3. The molecule has 7 heteroatoms. The predicted molar refractivity (Wildman–Crippen MR) is 117 cm³/mol. The fourth-order valence-corrected chi connectivity index (χ4v) is 4.18. The number of benzene rings is 3. The van der Waals surface area contributed by atoms with Gasteiger partial charge in [0.15, 0.2) is 0 Å². The van der Waals surface area contributed by atoms with Crippen LogP contribution in [0.3, 0.4) is 0 Å². The Hall–Kier alpha value is -3.19. The molecule has 158 valence electrons. The fraction of sp³-hybridized carbons (Fsp3) is 0.167. The van der Waals surface area contributed by atoms with Crippen LogP contribution in [-0.4, -0.2) is 23.8 Å². The number of carboxylic acids is 1. The van der Waals surface area contributed by atoms with Gasteiger partial charge in [-0.15, -0.1) is 0 Å². The smallest absolute Gasteiger partial charge is 0.407 e. The Labute approximate surface area is 187 Å². The molecule has 5 nitrogen and oxygen atoms in total. The van der Waals surface area contributed by atoms with Crippen molar-refractivity contribution >= 4 is 28.0 Å². The van der Waals surface area contributed by atoms with Gasteiger partial charge in [-0.05, 0) is 55.9 Å². The molecule has 0 unspecified atom stereocenters. The van der Waals surface area contributed by atoms with Crippen LogP contribution in [0.25, 0.3) is 11.1 Å². The summed E-state index contributed by atoms with van der Waals surface area (Å²) < 4.78 is 19.6. The monoisotopic (exact) mass is 483 g/mol. The predicted octanol–water partition coefficient (Wildman–Crippen LogP) is 5.64. The Morgan fingerprint density at radius 1 is 1.03 bits per heavy atom. The quantitative estimate of drug-likeness (QED) is 0.475. The molecule has 0 saturated carbocycles. The summed E-state index contributed by atoms with van der Waals surface area (Å²) in [4.78, 5) is 23.8. The number of amides is 1. The number of rotatable bonds is 6. The maximum atomic E-state index is 13.9. The van der Waals surface area contributed by atoms with Crippen LogP contribution in [0.4, 0.5) is 9.18 Å². The lowest BCUT2D eigenvalue weighted by molar-refractivity contribution is -0.137. The van der Waals surface area contributed by atoms with Gasteiger partial charge in [0, 0.05) is 5.92 Å². The van der Waals surface area contributed by atoms with E-state index in [1.165, 1.54) is 12.1 Å². The summed E-state index contributed by atoms with van der Waals surface area (Å²) in [5.41, 5.74) is 4.72. The summed E-state index contributed by atoms with van der Waals surface area (Å²) >= 11 is 3.07. The summed E-state index contributed by atoms with van der Waals surface area (Å²) in [6.45, 7) is 0.106. The average Bonchev–Trinajstić information content (AvgIpc) is 3.07. The van der Waals surface area contributed by atoms with E-state index in [0.717, 1.165) is 22.3 Å². The van der Waals surface area contributed by atoms with Gasteiger partial charge in [-0.1, -0.05) is 54.6 Å². The van der Waals surface area contributed by atoms with Crippen LogP contribution in [0.15, 0.2) is 71.2 Å². The third kappa shape index (κ3) is 4.46. The summed E-state index contributed by atoms with van der Waals surface area (Å²) in [6.07, 6.45) is -1.15. The van der Waals surface area contributed by atoms with E-state index in [1.54, 1.807) is 6.07 Å². The first-order chi connectivity index (χ1) is 14.9. The molecule has 1 aliphatic rings. The number of carbonyl (C=O) groups is 2. The Kier molecular flexibility index (Phi) is 6.04. The van der Waals surface area contributed by atoms with Gasteiger partial charge in [-0.25, -0.2) is 9.18 Å². The van der Waals surface area contributed by atoms with Gasteiger partial charge in [0.1, 0.15) is 12.4 Å². The molecule has 0 radical (unpaired) electrons. The normalized spacial score (nSPS) is 13.2. The van der Waals surface area contributed by atoms with Crippen molar-refractivity contribution in [3.8, 4) is 11.1 Å². The van der Waals surface area contributed by atoms with E-state index in [2.05, 4.69) is 21.2 Å². The van der Waals surface area contributed by atoms with Crippen LogP contribution in [0.2, 0.25) is 0 Å². The lowest BCUT2D eigenvalue weighted by Crippen LogP contribution is -2.31. The standard InChI is InChI=1S/C24H19BrFNO4/c25-20-10-9-14(11-21(20)26)22(12-23(28)29)27-24(30)31-13-19-17-7-3-1-5-15(17)16-6-2-4-8-18(16)19/h1-11,19,22H,12-13H2,(H,27,30)(H,28,29)/t22-/m1/s1. The number of alkyl carbamates (subject to hydrolysis) is 1. The number of nitrogens with one attached hydrogen (secondary N) is 1. The van der Waals surface area contributed by atoms with Gasteiger partial charge in [-0.3, -0.25) is 4.79 Å². The number of ether oxygens (including phenoxy) is 1. The second-order valence-electron chi connectivity index (χ2n) is 7.29. The van der Waals surface area contributed by atoms with Crippen LogP contribution >= 0.6 is 15.9 Å². The summed E-state index contributed by atoms with van der Waals surface area (Å²) in [5, 5.41) is 11.8. The van der Waals surface area contributed by atoms with Crippen LogP contribution in [0, 0.1) is 5.82 Å². The maximum absolute atomic E-state index is 13.9. The molecule has 1 atom stereocenters. The minimum atomic E-state index is -1.12. The van der Waals surface area contributed by atoms with E-state index < -0.39 is 30.3 Å². The van der Waals surface area contributed by atoms with E-state index in [0.29, 0.717) is 5.56 Å². The van der Waals surface area contributed by atoms with Crippen LogP contribution in [0.1, 0.15) is 35.1 Å². The molecule has 1 amide bonds. The lowest BCUT2D eigenvalue weighted by Gasteiger charge is -2.19. The highest BCUT2D eigenvalue weighted by molar-refractivity contribution is 9.10. The molecule has 0 fully saturated rings. The number of carboxylic acid groups (broad SMARTS) is 1. The zero-order chi connectivity index (χ0) is 22.0. The van der Waals surface area contributed by atoms with Crippen molar-refractivity contribution in [3.63, 3.8) is 0 Å². The van der Waals surface area contributed by atoms with Crippen molar-refractivity contribution in [2.75, 3.05) is 6.61 Å². The number of hydrogen-bond donors (Lipinski definition) is 2. The molecule has 31 heavy (non-hydrogen) atoms.